The monoisotopic (exact) mass is 286 g/mol. The minimum absolute atomic E-state index is 0.0939. The van der Waals surface area contributed by atoms with Gasteiger partial charge in [0, 0.05) is 5.69 Å². The molecule has 0 radical (unpaired) electrons. The molecule has 1 aromatic carbocycles. The van der Waals surface area contributed by atoms with E-state index in [2.05, 4.69) is 26.1 Å². The summed E-state index contributed by atoms with van der Waals surface area (Å²) in [6.45, 7) is 7.85. The van der Waals surface area contributed by atoms with Crippen molar-refractivity contribution < 1.29 is 9.90 Å². The number of carbonyl (C=O) groups is 1. The molecule has 0 fully saturated rings. The molecule has 1 rings (SSSR count). The van der Waals surface area contributed by atoms with Crippen LogP contribution in [0.3, 0.4) is 0 Å². The van der Waals surface area contributed by atoms with E-state index in [1.807, 2.05) is 24.3 Å². The highest BCUT2D eigenvalue weighted by Gasteiger charge is 2.19. The molecule has 0 heterocycles. The lowest BCUT2D eigenvalue weighted by Gasteiger charge is -2.24. The van der Waals surface area contributed by atoms with Crippen molar-refractivity contribution in [2.75, 3.05) is 5.32 Å². The Labute approximate surface area is 126 Å². The quantitative estimate of drug-likeness (QED) is 0.487. The van der Waals surface area contributed by atoms with E-state index in [0.29, 0.717) is 5.69 Å². The number of hydrogen-bond donors (Lipinski definition) is 2. The molecule has 0 unspecified atom stereocenters. The minimum Gasteiger partial charge on any atom is -0.511 e. The highest BCUT2D eigenvalue weighted by Crippen LogP contribution is 2.29. The van der Waals surface area contributed by atoms with E-state index in [4.69, 9.17) is 5.26 Å². The van der Waals surface area contributed by atoms with Crippen LogP contribution in [0.4, 0.5) is 5.69 Å². The molecule has 0 atom stereocenters. The van der Waals surface area contributed by atoms with E-state index in [-0.39, 0.29) is 16.7 Å². The molecule has 0 aliphatic heterocycles. The first-order chi connectivity index (χ1) is 9.81. The number of benzene rings is 1. The van der Waals surface area contributed by atoms with Crippen LogP contribution in [0, 0.1) is 11.3 Å². The van der Waals surface area contributed by atoms with Crippen molar-refractivity contribution in [1.29, 1.82) is 5.26 Å². The molecule has 0 aliphatic carbocycles. The van der Waals surface area contributed by atoms with Gasteiger partial charge in [-0.2, -0.15) is 5.26 Å². The van der Waals surface area contributed by atoms with Crippen LogP contribution >= 0.6 is 0 Å². The number of carbonyl (C=O) groups excluding carboxylic acids is 1. The molecule has 21 heavy (non-hydrogen) atoms. The van der Waals surface area contributed by atoms with Crippen LogP contribution in [-0.2, 0) is 10.2 Å². The van der Waals surface area contributed by atoms with Crippen molar-refractivity contribution in [3.05, 3.63) is 41.2 Å². The number of nitrogens with one attached hydrogen (secondary N) is 1. The summed E-state index contributed by atoms with van der Waals surface area (Å²) in [6, 6.07) is 9.27. The normalized spacial score (nSPS) is 12.3. The van der Waals surface area contributed by atoms with Gasteiger partial charge in [0.25, 0.3) is 5.91 Å². The Morgan fingerprint density at radius 3 is 2.33 bits per heavy atom. The lowest BCUT2D eigenvalue weighted by Crippen LogP contribution is -2.17. The van der Waals surface area contributed by atoms with Crippen LogP contribution in [0.15, 0.2) is 35.6 Å². The topological polar surface area (TPSA) is 73.1 Å². The van der Waals surface area contributed by atoms with Gasteiger partial charge in [-0.05, 0) is 36.5 Å². The van der Waals surface area contributed by atoms with Crippen molar-refractivity contribution in [3.63, 3.8) is 0 Å². The number of aliphatic hydroxyl groups excluding tert-OH is 1. The van der Waals surface area contributed by atoms with E-state index < -0.39 is 5.91 Å². The lowest BCUT2D eigenvalue weighted by molar-refractivity contribution is -0.112. The fourth-order valence-corrected chi connectivity index (χ4v) is 2.26. The van der Waals surface area contributed by atoms with Crippen LogP contribution < -0.4 is 5.32 Å². The number of nitrogens with zero attached hydrogens (tertiary/aromatic N) is 1. The first kappa shape index (κ1) is 16.8. The number of hydrogen-bond acceptors (Lipinski definition) is 3. The predicted molar refractivity (Wildman–Crippen MR) is 83.9 cm³/mol. The average Bonchev–Trinajstić information content (AvgIpc) is 2.39. The number of aliphatic hydroxyl groups is 1. The molecule has 2 N–H and O–H groups in total. The van der Waals surface area contributed by atoms with E-state index >= 15 is 0 Å². The second-order valence-corrected chi connectivity index (χ2v) is 5.74. The first-order valence-electron chi connectivity index (χ1n) is 7.03. The summed E-state index contributed by atoms with van der Waals surface area (Å²) in [4.78, 5) is 11.8. The Hall–Kier alpha value is -2.28. The van der Waals surface area contributed by atoms with Gasteiger partial charge in [-0.15, -0.1) is 0 Å². The highest BCUT2D eigenvalue weighted by atomic mass is 16.3. The van der Waals surface area contributed by atoms with Crippen molar-refractivity contribution in [1.82, 2.24) is 0 Å². The van der Waals surface area contributed by atoms with Crippen molar-refractivity contribution >= 4 is 11.6 Å². The highest BCUT2D eigenvalue weighted by molar-refractivity contribution is 6.06. The summed E-state index contributed by atoms with van der Waals surface area (Å²) in [7, 11) is 0. The molecule has 4 heteroatoms. The van der Waals surface area contributed by atoms with Crippen molar-refractivity contribution in [2.24, 2.45) is 0 Å². The third-order valence-corrected chi connectivity index (χ3v) is 3.50. The minimum atomic E-state index is -0.599. The Morgan fingerprint density at radius 1 is 1.33 bits per heavy atom. The van der Waals surface area contributed by atoms with Gasteiger partial charge in [0.1, 0.15) is 11.8 Å². The fourth-order valence-electron chi connectivity index (χ4n) is 2.26. The number of nitriles is 1. The summed E-state index contributed by atoms with van der Waals surface area (Å²) >= 11 is 0. The Bertz CT molecular complexity index is 574. The predicted octanol–water partition coefficient (Wildman–Crippen LogP) is 4.06. The van der Waals surface area contributed by atoms with Crippen LogP contribution in [0.5, 0.6) is 0 Å². The largest absolute Gasteiger partial charge is 0.511 e. The number of amides is 1. The molecular weight excluding hydrogens is 264 g/mol. The van der Waals surface area contributed by atoms with Crippen LogP contribution in [0.2, 0.25) is 0 Å². The molecule has 112 valence electrons. The van der Waals surface area contributed by atoms with Gasteiger partial charge in [0.2, 0.25) is 0 Å². The fraction of sp³-hybridized carbons (Fsp3) is 0.412. The van der Waals surface area contributed by atoms with Gasteiger partial charge >= 0.3 is 0 Å². The summed E-state index contributed by atoms with van der Waals surface area (Å²) in [5.41, 5.74) is 1.63. The third-order valence-electron chi connectivity index (χ3n) is 3.50. The summed E-state index contributed by atoms with van der Waals surface area (Å²) in [6.07, 6.45) is 2.20. The molecule has 1 amide bonds. The molecule has 0 spiro atoms. The average molecular weight is 286 g/mol. The summed E-state index contributed by atoms with van der Waals surface area (Å²) in [5.74, 6) is -0.881. The van der Waals surface area contributed by atoms with Crippen molar-refractivity contribution in [2.45, 2.75) is 46.0 Å². The molecule has 0 saturated carbocycles. The molecule has 0 aromatic heterocycles. The van der Waals surface area contributed by atoms with E-state index in [0.717, 1.165) is 12.8 Å². The third kappa shape index (κ3) is 4.35. The van der Waals surface area contributed by atoms with E-state index in [9.17, 15) is 9.90 Å². The molecule has 0 bridgehead atoms. The number of allylic oxidation sites excluding steroid dienone is 1. The molecule has 4 nitrogen and oxygen atoms in total. The van der Waals surface area contributed by atoms with Gasteiger partial charge in [-0.3, -0.25) is 4.79 Å². The van der Waals surface area contributed by atoms with Crippen LogP contribution in [-0.4, -0.2) is 11.0 Å². The second-order valence-electron chi connectivity index (χ2n) is 5.74. The molecule has 1 aromatic rings. The van der Waals surface area contributed by atoms with Crippen LogP contribution in [0.1, 0.15) is 46.1 Å². The molecule has 0 saturated heterocycles. The molecular formula is C17H22N2O2. The maximum atomic E-state index is 11.8. The number of rotatable bonds is 5. The standard InChI is InChI=1S/C17H22N2O2/c1-5-10-17(3,4)13-6-8-14(9-7-13)19-16(21)15(11-18)12(2)20/h6-9,20H,5,10H2,1-4H3,(H,19,21). The van der Waals surface area contributed by atoms with Gasteiger partial charge in [-0.25, -0.2) is 0 Å². The van der Waals surface area contributed by atoms with Gasteiger partial charge in [-0.1, -0.05) is 39.3 Å². The SMILES string of the molecule is CCCC(C)(C)c1ccc(NC(=O)C(C#N)=C(C)O)cc1. The van der Waals surface area contributed by atoms with Gasteiger partial charge in [0.15, 0.2) is 5.57 Å². The van der Waals surface area contributed by atoms with E-state index in [1.54, 1.807) is 6.07 Å². The number of anilines is 1. The zero-order chi connectivity index (χ0) is 16.0. The van der Waals surface area contributed by atoms with E-state index in [1.165, 1.54) is 12.5 Å². The van der Waals surface area contributed by atoms with Gasteiger partial charge in [0.05, 0.1) is 0 Å². The van der Waals surface area contributed by atoms with Gasteiger partial charge < -0.3 is 10.4 Å². The molecule has 0 aliphatic rings. The second kappa shape index (κ2) is 6.94. The van der Waals surface area contributed by atoms with Crippen molar-refractivity contribution in [3.8, 4) is 6.07 Å². The smallest absolute Gasteiger partial charge is 0.269 e. The Balaban J connectivity index is 2.88. The zero-order valence-electron chi connectivity index (χ0n) is 13.0. The zero-order valence-corrected chi connectivity index (χ0v) is 13.0. The summed E-state index contributed by atoms with van der Waals surface area (Å²) in [5, 5.41) is 20.7. The Kier molecular flexibility index (Phi) is 5.54. The Morgan fingerprint density at radius 2 is 1.90 bits per heavy atom. The maximum Gasteiger partial charge on any atom is 0.269 e. The van der Waals surface area contributed by atoms with Crippen LogP contribution in [0.25, 0.3) is 0 Å². The lowest BCUT2D eigenvalue weighted by atomic mass is 9.81. The first-order valence-corrected chi connectivity index (χ1v) is 7.03. The maximum absolute atomic E-state index is 11.8. The summed E-state index contributed by atoms with van der Waals surface area (Å²) < 4.78 is 0.